The van der Waals surface area contributed by atoms with Crippen molar-refractivity contribution in [2.45, 2.75) is 12.5 Å². The quantitative estimate of drug-likeness (QED) is 0.531. The zero-order valence-electron chi connectivity index (χ0n) is 15.2. The van der Waals surface area contributed by atoms with Crippen LogP contribution in [0.4, 0.5) is 0 Å². The molecule has 0 amide bonds. The van der Waals surface area contributed by atoms with Crippen LogP contribution in [-0.4, -0.2) is 42.7 Å². The highest BCUT2D eigenvalue weighted by Gasteiger charge is 2.23. The lowest BCUT2D eigenvalue weighted by molar-refractivity contribution is 0.244. The molecule has 0 saturated carbocycles. The molecule has 4 aromatic rings. The fourth-order valence-corrected chi connectivity index (χ4v) is 3.72. The Morgan fingerprint density at radius 1 is 1.29 bits per heavy atom. The number of H-pyrrole nitrogens is 1. The number of methoxy groups -OCH3 is 1. The van der Waals surface area contributed by atoms with Gasteiger partial charge in [0.1, 0.15) is 5.75 Å². The van der Waals surface area contributed by atoms with E-state index in [1.165, 1.54) is 4.40 Å². The van der Waals surface area contributed by atoms with Crippen LogP contribution in [0.15, 0.2) is 53.7 Å². The summed E-state index contributed by atoms with van der Waals surface area (Å²) in [6.07, 6.45) is 8.19. The van der Waals surface area contributed by atoms with Crippen molar-refractivity contribution in [2.24, 2.45) is 5.92 Å². The summed E-state index contributed by atoms with van der Waals surface area (Å²) in [6, 6.07) is 7.61. The van der Waals surface area contributed by atoms with Crippen molar-refractivity contribution in [1.82, 2.24) is 23.9 Å². The standard InChI is InChI=1S/C20H19N5O3/c1-28-15-6-3-13(4-7-15)16-9-24-19(27)17-18(23-20(24)22-16)25(11-21-17)14-5-2-12(8-14)10-26/h2-7,9,11-12,14,26H,8,10H2,1H3,(H,22,23)/t12-,14+/m1/s1. The Bertz CT molecular complexity index is 1250. The normalized spacial score (nSPS) is 19.1. The highest BCUT2D eigenvalue weighted by atomic mass is 16.5. The number of fused-ring (bicyclic) bond motifs is 2. The first kappa shape index (κ1) is 16.8. The smallest absolute Gasteiger partial charge is 0.287 e. The van der Waals surface area contributed by atoms with Gasteiger partial charge in [-0.2, -0.15) is 4.98 Å². The summed E-state index contributed by atoms with van der Waals surface area (Å²) in [5, 5.41) is 9.37. The van der Waals surface area contributed by atoms with Crippen LogP contribution in [0, 0.1) is 5.92 Å². The molecule has 2 N–H and O–H groups in total. The molecule has 0 radical (unpaired) electrons. The van der Waals surface area contributed by atoms with E-state index in [0.29, 0.717) is 16.9 Å². The molecule has 0 spiro atoms. The van der Waals surface area contributed by atoms with Gasteiger partial charge in [-0.05, 0) is 36.2 Å². The van der Waals surface area contributed by atoms with E-state index in [1.54, 1.807) is 19.6 Å². The molecule has 0 saturated heterocycles. The number of allylic oxidation sites excluding steroid dienone is 1. The van der Waals surface area contributed by atoms with E-state index in [4.69, 9.17) is 4.74 Å². The Balaban J connectivity index is 1.61. The molecule has 142 valence electrons. The molecule has 3 heterocycles. The van der Waals surface area contributed by atoms with E-state index >= 15 is 0 Å². The van der Waals surface area contributed by atoms with E-state index in [0.717, 1.165) is 23.4 Å². The van der Waals surface area contributed by atoms with Gasteiger partial charge in [0.15, 0.2) is 11.2 Å². The third-order valence-electron chi connectivity index (χ3n) is 5.28. The summed E-state index contributed by atoms with van der Waals surface area (Å²) in [7, 11) is 1.62. The monoisotopic (exact) mass is 377 g/mol. The zero-order valence-corrected chi connectivity index (χ0v) is 15.2. The molecule has 0 unspecified atom stereocenters. The largest absolute Gasteiger partial charge is 0.497 e. The van der Waals surface area contributed by atoms with Crippen molar-refractivity contribution in [3.8, 4) is 17.0 Å². The van der Waals surface area contributed by atoms with E-state index in [9.17, 15) is 9.90 Å². The Kier molecular flexibility index (Phi) is 3.80. The number of nitrogens with zero attached hydrogens (tertiary/aromatic N) is 4. The van der Waals surface area contributed by atoms with Crippen LogP contribution in [-0.2, 0) is 0 Å². The maximum Gasteiger partial charge on any atom is 0.287 e. The van der Waals surface area contributed by atoms with Gasteiger partial charge in [0.2, 0.25) is 5.78 Å². The number of aromatic amines is 1. The summed E-state index contributed by atoms with van der Waals surface area (Å²) in [4.78, 5) is 25.1. The zero-order chi connectivity index (χ0) is 19.3. The van der Waals surface area contributed by atoms with Crippen molar-refractivity contribution in [1.29, 1.82) is 0 Å². The molecule has 8 nitrogen and oxygen atoms in total. The highest BCUT2D eigenvalue weighted by Crippen LogP contribution is 2.29. The number of ether oxygens (including phenoxy) is 1. The van der Waals surface area contributed by atoms with Gasteiger partial charge in [-0.15, -0.1) is 0 Å². The number of aliphatic hydroxyl groups is 1. The van der Waals surface area contributed by atoms with Gasteiger partial charge in [0, 0.05) is 18.7 Å². The Labute approximate surface area is 159 Å². The van der Waals surface area contributed by atoms with Crippen molar-refractivity contribution in [3.05, 3.63) is 59.3 Å². The Hall–Kier alpha value is -3.39. The van der Waals surface area contributed by atoms with Crippen LogP contribution in [0.5, 0.6) is 5.75 Å². The average molecular weight is 377 g/mol. The van der Waals surface area contributed by atoms with Crippen molar-refractivity contribution < 1.29 is 9.84 Å². The highest BCUT2D eigenvalue weighted by molar-refractivity contribution is 5.73. The Morgan fingerprint density at radius 3 is 2.82 bits per heavy atom. The molecule has 28 heavy (non-hydrogen) atoms. The minimum atomic E-state index is -0.213. The molecule has 8 heteroatoms. The van der Waals surface area contributed by atoms with Gasteiger partial charge in [-0.1, -0.05) is 12.2 Å². The van der Waals surface area contributed by atoms with Gasteiger partial charge in [0.25, 0.3) is 5.56 Å². The molecule has 1 aliphatic rings. The first-order chi connectivity index (χ1) is 13.7. The lowest BCUT2D eigenvalue weighted by Crippen LogP contribution is -2.15. The minimum absolute atomic E-state index is 0.0347. The fourth-order valence-electron chi connectivity index (χ4n) is 3.72. The van der Waals surface area contributed by atoms with Gasteiger partial charge in [-0.25, -0.2) is 9.38 Å². The third kappa shape index (κ3) is 2.53. The number of rotatable bonds is 4. The topological polar surface area (TPSA) is 97.4 Å². The summed E-state index contributed by atoms with van der Waals surface area (Å²) in [5.74, 6) is 1.36. The molecule has 1 aliphatic carbocycles. The molecule has 0 fully saturated rings. The number of aliphatic hydroxyl groups excluding tert-OH is 1. The average Bonchev–Trinajstić information content (AvgIpc) is 3.46. The van der Waals surface area contributed by atoms with Crippen LogP contribution >= 0.6 is 0 Å². The second-order valence-corrected chi connectivity index (χ2v) is 6.96. The summed E-state index contributed by atoms with van der Waals surface area (Å²) in [6.45, 7) is 0.113. The molecule has 1 aromatic carbocycles. The van der Waals surface area contributed by atoms with Gasteiger partial charge >= 0.3 is 0 Å². The lowest BCUT2D eigenvalue weighted by Gasteiger charge is -2.12. The SMILES string of the molecule is COc1ccc(-c2cn3c(=O)c4ncn([C@H]5C=C[C@@H](CO)C5)c4nc3[nH]2)cc1. The maximum atomic E-state index is 12.9. The van der Waals surface area contributed by atoms with Gasteiger partial charge in [0.05, 0.1) is 25.2 Å². The van der Waals surface area contributed by atoms with Crippen LogP contribution in [0.1, 0.15) is 12.5 Å². The molecule has 2 atom stereocenters. The molecular formula is C20H19N5O3. The molecule has 0 bridgehead atoms. The van der Waals surface area contributed by atoms with E-state index in [2.05, 4.69) is 15.0 Å². The number of hydrogen-bond donors (Lipinski definition) is 2. The van der Waals surface area contributed by atoms with Gasteiger partial charge < -0.3 is 19.4 Å². The number of nitrogens with one attached hydrogen (secondary N) is 1. The third-order valence-corrected chi connectivity index (χ3v) is 5.28. The van der Waals surface area contributed by atoms with Crippen LogP contribution < -0.4 is 10.3 Å². The summed E-state index contributed by atoms with van der Waals surface area (Å²) in [5.41, 5.74) is 2.37. The van der Waals surface area contributed by atoms with Crippen LogP contribution in [0.3, 0.4) is 0 Å². The van der Waals surface area contributed by atoms with Crippen molar-refractivity contribution >= 4 is 16.9 Å². The number of aromatic nitrogens is 5. The minimum Gasteiger partial charge on any atom is -0.497 e. The Morgan fingerprint density at radius 2 is 2.11 bits per heavy atom. The predicted octanol–water partition coefficient (Wildman–Crippen LogP) is 2.16. The van der Waals surface area contributed by atoms with E-state index < -0.39 is 0 Å². The summed E-state index contributed by atoms with van der Waals surface area (Å²) >= 11 is 0. The molecule has 5 rings (SSSR count). The van der Waals surface area contributed by atoms with E-state index in [1.807, 2.05) is 41.0 Å². The summed E-state index contributed by atoms with van der Waals surface area (Å²) < 4.78 is 8.58. The fraction of sp³-hybridized carbons (Fsp3) is 0.250. The van der Waals surface area contributed by atoms with Crippen LogP contribution in [0.2, 0.25) is 0 Å². The van der Waals surface area contributed by atoms with Crippen LogP contribution in [0.25, 0.3) is 28.2 Å². The molecular weight excluding hydrogens is 358 g/mol. The second kappa shape index (κ2) is 6.35. The van der Waals surface area contributed by atoms with Crippen molar-refractivity contribution in [3.63, 3.8) is 0 Å². The molecule has 0 aliphatic heterocycles. The second-order valence-electron chi connectivity index (χ2n) is 6.96. The van der Waals surface area contributed by atoms with E-state index in [-0.39, 0.29) is 24.1 Å². The number of imidazole rings is 2. The number of benzene rings is 1. The first-order valence-corrected chi connectivity index (χ1v) is 9.09. The first-order valence-electron chi connectivity index (χ1n) is 9.09. The predicted molar refractivity (Wildman–Crippen MR) is 104 cm³/mol. The molecule has 3 aromatic heterocycles. The number of hydrogen-bond acceptors (Lipinski definition) is 5. The van der Waals surface area contributed by atoms with Crippen molar-refractivity contribution in [2.75, 3.05) is 13.7 Å². The maximum absolute atomic E-state index is 12.9. The van der Waals surface area contributed by atoms with Gasteiger partial charge in [-0.3, -0.25) is 4.79 Å². The lowest BCUT2D eigenvalue weighted by atomic mass is 10.1.